The van der Waals surface area contributed by atoms with E-state index in [2.05, 4.69) is 0 Å². The van der Waals surface area contributed by atoms with Crippen LogP contribution in [0.2, 0.25) is 0 Å². The molecule has 1 nitrogen and oxygen atoms in total. The summed E-state index contributed by atoms with van der Waals surface area (Å²) in [6.45, 7) is 0. The van der Waals surface area contributed by atoms with E-state index in [9.17, 15) is 0 Å². The number of rotatable bonds is 2. The van der Waals surface area contributed by atoms with Gasteiger partial charge in [0, 0.05) is 0 Å². The zero-order valence-corrected chi connectivity index (χ0v) is 6.68. The highest BCUT2D eigenvalue weighted by molar-refractivity contribution is 6.67. The van der Waals surface area contributed by atoms with Crippen LogP contribution >= 0.6 is 11.6 Å². The minimum Gasteiger partial charge on any atom is -0.289 e. The fourth-order valence-corrected chi connectivity index (χ4v) is 0.797. The molecule has 0 aliphatic heterocycles. The molecule has 56 valence electrons. The van der Waals surface area contributed by atoms with Gasteiger partial charge in [0.05, 0.1) is 0 Å². The Labute approximate surface area is 70.8 Å². The molecular weight excluding hydrogens is 158 g/mol. The van der Waals surface area contributed by atoms with E-state index >= 15 is 0 Å². The second-order valence-electron chi connectivity index (χ2n) is 2.09. The van der Waals surface area contributed by atoms with Crippen molar-refractivity contribution in [1.82, 2.24) is 0 Å². The summed E-state index contributed by atoms with van der Waals surface area (Å²) in [5.74, 6) is 0. The Kier molecular flexibility index (Phi) is 2.87. The van der Waals surface area contributed by atoms with E-state index in [0.717, 1.165) is 5.56 Å². The highest BCUT2D eigenvalue weighted by Crippen LogP contribution is 2.01. The number of benzene rings is 1. The first-order chi connectivity index (χ1) is 5.29. The highest BCUT2D eigenvalue weighted by Gasteiger charge is 1.82. The van der Waals surface area contributed by atoms with Crippen LogP contribution in [0.25, 0.3) is 6.08 Å². The Hall–Kier alpha value is -1.08. The van der Waals surface area contributed by atoms with Crippen LogP contribution in [0.1, 0.15) is 5.56 Å². The highest BCUT2D eigenvalue weighted by atomic mass is 35.5. The molecule has 0 amide bonds. The first-order valence-corrected chi connectivity index (χ1v) is 3.64. The number of halogens is 1. The second-order valence-corrected chi connectivity index (χ2v) is 2.50. The van der Waals surface area contributed by atoms with Crippen molar-refractivity contribution in [2.45, 2.75) is 0 Å². The monoisotopic (exact) mass is 165 g/mol. The van der Waals surface area contributed by atoms with Crippen molar-refractivity contribution in [2.24, 2.45) is 0 Å². The molecule has 0 heterocycles. The summed E-state index contributed by atoms with van der Waals surface area (Å²) in [6, 6.07) is 9.74. The Morgan fingerprint density at radius 1 is 1.27 bits per heavy atom. The van der Waals surface area contributed by atoms with Crippen LogP contribution in [0.3, 0.4) is 0 Å². The molecule has 0 radical (unpaired) electrons. The Balaban J connectivity index is 2.72. The maximum Gasteiger partial charge on any atom is 0.120 e. The van der Waals surface area contributed by atoms with Crippen molar-refractivity contribution in [3.05, 3.63) is 42.0 Å². The van der Waals surface area contributed by atoms with Gasteiger partial charge in [-0.25, -0.2) is 0 Å². The van der Waals surface area contributed by atoms with Crippen molar-refractivity contribution in [1.29, 1.82) is 5.41 Å². The van der Waals surface area contributed by atoms with Gasteiger partial charge in [-0.3, -0.25) is 5.41 Å². The van der Waals surface area contributed by atoms with E-state index in [-0.39, 0.29) is 5.17 Å². The van der Waals surface area contributed by atoms with Crippen molar-refractivity contribution in [3.63, 3.8) is 0 Å². The molecule has 0 atom stereocenters. The SMILES string of the molecule is N=C(Cl)C=Cc1ccccc1. The minimum atomic E-state index is 0.0499. The van der Waals surface area contributed by atoms with Gasteiger partial charge < -0.3 is 0 Å². The molecule has 1 rings (SSSR count). The summed E-state index contributed by atoms with van der Waals surface area (Å²) in [7, 11) is 0. The summed E-state index contributed by atoms with van der Waals surface area (Å²) < 4.78 is 0. The summed E-state index contributed by atoms with van der Waals surface area (Å²) in [5, 5.41) is 6.97. The quantitative estimate of drug-likeness (QED) is 0.652. The van der Waals surface area contributed by atoms with Crippen LogP contribution < -0.4 is 0 Å². The smallest absolute Gasteiger partial charge is 0.120 e. The number of hydrogen-bond acceptors (Lipinski definition) is 1. The van der Waals surface area contributed by atoms with Crippen LogP contribution in [0.15, 0.2) is 36.4 Å². The second kappa shape index (κ2) is 3.94. The molecule has 0 aromatic heterocycles. The normalized spacial score (nSPS) is 10.3. The molecule has 0 aliphatic rings. The van der Waals surface area contributed by atoms with Gasteiger partial charge in [-0.2, -0.15) is 0 Å². The van der Waals surface area contributed by atoms with Crippen molar-refractivity contribution >= 4 is 22.8 Å². The summed E-state index contributed by atoms with van der Waals surface area (Å²) in [4.78, 5) is 0. The molecule has 11 heavy (non-hydrogen) atoms. The zero-order valence-electron chi connectivity index (χ0n) is 5.92. The van der Waals surface area contributed by atoms with Gasteiger partial charge in [0.1, 0.15) is 5.17 Å². The average Bonchev–Trinajstić information content (AvgIpc) is 2.03. The van der Waals surface area contributed by atoms with E-state index in [1.165, 1.54) is 0 Å². The molecule has 0 unspecified atom stereocenters. The van der Waals surface area contributed by atoms with Crippen LogP contribution in [0, 0.1) is 5.41 Å². The third kappa shape index (κ3) is 3.01. The van der Waals surface area contributed by atoms with Gasteiger partial charge in [0.15, 0.2) is 0 Å². The fraction of sp³-hybridized carbons (Fsp3) is 0. The van der Waals surface area contributed by atoms with E-state index in [0.29, 0.717) is 0 Å². The van der Waals surface area contributed by atoms with Crippen molar-refractivity contribution < 1.29 is 0 Å². The molecular formula is C9H8ClN. The van der Waals surface area contributed by atoms with Crippen LogP contribution in [0.5, 0.6) is 0 Å². The van der Waals surface area contributed by atoms with Gasteiger partial charge in [0.25, 0.3) is 0 Å². The Morgan fingerprint density at radius 3 is 2.45 bits per heavy atom. The third-order valence-electron chi connectivity index (χ3n) is 1.22. The molecule has 1 aromatic rings. The van der Waals surface area contributed by atoms with Gasteiger partial charge in [-0.05, 0) is 11.6 Å². The molecule has 1 aromatic carbocycles. The largest absolute Gasteiger partial charge is 0.289 e. The van der Waals surface area contributed by atoms with Crippen molar-refractivity contribution in [2.75, 3.05) is 0 Å². The Morgan fingerprint density at radius 2 is 1.91 bits per heavy atom. The van der Waals surface area contributed by atoms with E-state index < -0.39 is 0 Å². The standard InChI is InChI=1S/C9H8ClN/c10-9(11)7-6-8-4-2-1-3-5-8/h1-7,11H. The number of hydrogen-bond donors (Lipinski definition) is 1. The summed E-state index contributed by atoms with van der Waals surface area (Å²) in [6.07, 6.45) is 3.35. The van der Waals surface area contributed by atoms with Gasteiger partial charge in [0.2, 0.25) is 0 Å². The molecule has 1 N–H and O–H groups in total. The first kappa shape index (κ1) is 8.02. The predicted octanol–water partition coefficient (Wildman–Crippen LogP) is 2.92. The first-order valence-electron chi connectivity index (χ1n) is 3.26. The fourth-order valence-electron chi connectivity index (χ4n) is 0.734. The molecule has 2 heteroatoms. The van der Waals surface area contributed by atoms with Gasteiger partial charge >= 0.3 is 0 Å². The van der Waals surface area contributed by atoms with Crippen molar-refractivity contribution in [3.8, 4) is 0 Å². The predicted molar refractivity (Wildman–Crippen MR) is 49.1 cm³/mol. The third-order valence-corrected chi connectivity index (χ3v) is 1.35. The van der Waals surface area contributed by atoms with Crippen LogP contribution in [-0.2, 0) is 0 Å². The average molecular weight is 166 g/mol. The molecule has 0 aliphatic carbocycles. The lowest BCUT2D eigenvalue weighted by atomic mass is 10.2. The maximum atomic E-state index is 6.92. The lowest BCUT2D eigenvalue weighted by Gasteiger charge is -1.88. The van der Waals surface area contributed by atoms with Crippen LogP contribution in [0.4, 0.5) is 0 Å². The number of allylic oxidation sites excluding steroid dienone is 1. The van der Waals surface area contributed by atoms with Gasteiger partial charge in [-0.15, -0.1) is 0 Å². The summed E-state index contributed by atoms with van der Waals surface area (Å²) >= 11 is 5.32. The van der Waals surface area contributed by atoms with E-state index in [1.807, 2.05) is 30.3 Å². The Bertz CT molecular complexity index is 264. The molecule has 0 fully saturated rings. The zero-order chi connectivity index (χ0) is 8.10. The summed E-state index contributed by atoms with van der Waals surface area (Å²) in [5.41, 5.74) is 1.05. The maximum absolute atomic E-state index is 6.92. The van der Waals surface area contributed by atoms with E-state index in [1.54, 1.807) is 12.2 Å². The molecule has 0 spiro atoms. The van der Waals surface area contributed by atoms with Crippen LogP contribution in [-0.4, -0.2) is 5.17 Å². The molecule has 0 saturated heterocycles. The lowest BCUT2D eigenvalue weighted by Crippen LogP contribution is -1.73. The van der Waals surface area contributed by atoms with E-state index in [4.69, 9.17) is 17.0 Å². The number of nitrogens with one attached hydrogen (secondary N) is 1. The molecule has 0 bridgehead atoms. The lowest BCUT2D eigenvalue weighted by molar-refractivity contribution is 1.56. The molecule has 0 saturated carbocycles. The topological polar surface area (TPSA) is 23.9 Å². The van der Waals surface area contributed by atoms with Gasteiger partial charge in [-0.1, -0.05) is 48.0 Å². The minimum absolute atomic E-state index is 0.0499.